The SMILES string of the molecule is CO/N=C1\CC(c2nnno2)N(C(=O)c2ccc(-c3ccccc3)cc2)C1. The summed E-state index contributed by atoms with van der Waals surface area (Å²) in [6.07, 6.45) is 0.464. The lowest BCUT2D eigenvalue weighted by molar-refractivity contribution is 0.0713. The van der Waals surface area contributed by atoms with Crippen molar-refractivity contribution in [2.45, 2.75) is 12.5 Å². The lowest BCUT2D eigenvalue weighted by atomic mass is 10.0. The number of carbonyl (C=O) groups is 1. The molecule has 0 aliphatic carbocycles. The number of rotatable bonds is 4. The van der Waals surface area contributed by atoms with Crippen LogP contribution in [0.3, 0.4) is 0 Å². The van der Waals surface area contributed by atoms with Crippen molar-refractivity contribution in [2.24, 2.45) is 5.16 Å². The van der Waals surface area contributed by atoms with Crippen LogP contribution in [0.5, 0.6) is 0 Å². The van der Waals surface area contributed by atoms with E-state index in [2.05, 4.69) is 20.7 Å². The molecule has 2 heterocycles. The van der Waals surface area contributed by atoms with Gasteiger partial charge < -0.3 is 14.3 Å². The Morgan fingerprint density at radius 2 is 1.89 bits per heavy atom. The maximum atomic E-state index is 13.1. The van der Waals surface area contributed by atoms with Crippen molar-refractivity contribution in [3.05, 3.63) is 66.1 Å². The molecule has 1 aromatic heterocycles. The van der Waals surface area contributed by atoms with E-state index in [1.165, 1.54) is 7.11 Å². The average molecular weight is 363 g/mol. The zero-order valence-electron chi connectivity index (χ0n) is 14.6. The number of oxime groups is 1. The lowest BCUT2D eigenvalue weighted by Gasteiger charge is -2.21. The normalized spacial score (nSPS) is 18.0. The molecule has 1 aliphatic heterocycles. The van der Waals surface area contributed by atoms with Gasteiger partial charge in [-0.05, 0) is 28.5 Å². The van der Waals surface area contributed by atoms with Crippen molar-refractivity contribution in [3.8, 4) is 11.1 Å². The highest BCUT2D eigenvalue weighted by Crippen LogP contribution is 2.31. The first-order chi connectivity index (χ1) is 13.3. The van der Waals surface area contributed by atoms with Gasteiger partial charge in [-0.15, -0.1) is 0 Å². The predicted octanol–water partition coefficient (Wildman–Crippen LogP) is 2.72. The molecule has 0 saturated carbocycles. The fraction of sp³-hybridized carbons (Fsp3) is 0.211. The van der Waals surface area contributed by atoms with Crippen molar-refractivity contribution in [2.75, 3.05) is 13.7 Å². The number of hydrogen-bond acceptors (Lipinski definition) is 7. The first kappa shape index (κ1) is 16.9. The second-order valence-electron chi connectivity index (χ2n) is 6.14. The van der Waals surface area contributed by atoms with Gasteiger partial charge in [0, 0.05) is 12.0 Å². The van der Waals surface area contributed by atoms with Crippen molar-refractivity contribution < 1.29 is 14.2 Å². The Morgan fingerprint density at radius 3 is 2.56 bits per heavy atom. The van der Waals surface area contributed by atoms with Crippen molar-refractivity contribution in [1.82, 2.24) is 20.5 Å². The number of benzene rings is 2. The van der Waals surface area contributed by atoms with Gasteiger partial charge in [0.1, 0.15) is 13.2 Å². The second kappa shape index (κ2) is 7.36. The molecule has 1 atom stereocenters. The van der Waals surface area contributed by atoms with E-state index in [4.69, 9.17) is 9.36 Å². The zero-order chi connectivity index (χ0) is 18.6. The van der Waals surface area contributed by atoms with Gasteiger partial charge in [-0.25, -0.2) is 0 Å². The molecule has 0 spiro atoms. The van der Waals surface area contributed by atoms with Gasteiger partial charge in [0.2, 0.25) is 0 Å². The summed E-state index contributed by atoms with van der Waals surface area (Å²) in [5.74, 6) is 0.143. The number of hydrogen-bond donors (Lipinski definition) is 0. The van der Waals surface area contributed by atoms with E-state index in [1.54, 1.807) is 4.90 Å². The molecule has 1 aliphatic rings. The number of carbonyl (C=O) groups excluding carboxylic acids is 1. The molecule has 8 nitrogen and oxygen atoms in total. The predicted molar refractivity (Wildman–Crippen MR) is 96.8 cm³/mol. The summed E-state index contributed by atoms with van der Waals surface area (Å²) in [4.78, 5) is 19.6. The second-order valence-corrected chi connectivity index (χ2v) is 6.14. The summed E-state index contributed by atoms with van der Waals surface area (Å²) >= 11 is 0. The third-order valence-corrected chi connectivity index (χ3v) is 4.48. The Hall–Kier alpha value is -3.55. The Labute approximate surface area is 155 Å². The summed E-state index contributed by atoms with van der Waals surface area (Å²) in [7, 11) is 1.48. The first-order valence-electron chi connectivity index (χ1n) is 8.46. The zero-order valence-corrected chi connectivity index (χ0v) is 14.6. The molecule has 3 aromatic rings. The maximum Gasteiger partial charge on any atom is 0.270 e. The van der Waals surface area contributed by atoms with Gasteiger partial charge in [0.15, 0.2) is 0 Å². The molecular formula is C19H17N5O3. The van der Waals surface area contributed by atoms with Gasteiger partial charge in [-0.3, -0.25) is 4.79 Å². The molecule has 1 saturated heterocycles. The third kappa shape index (κ3) is 3.41. The number of likely N-dealkylation sites (tertiary alicyclic amines) is 1. The molecule has 2 aromatic carbocycles. The van der Waals surface area contributed by atoms with Crippen LogP contribution in [-0.2, 0) is 4.84 Å². The summed E-state index contributed by atoms with van der Waals surface area (Å²) in [5, 5.41) is 14.7. The third-order valence-electron chi connectivity index (χ3n) is 4.48. The first-order valence-corrected chi connectivity index (χ1v) is 8.46. The topological polar surface area (TPSA) is 93.7 Å². The monoisotopic (exact) mass is 363 g/mol. The highest BCUT2D eigenvalue weighted by molar-refractivity contribution is 6.00. The molecule has 8 heteroatoms. The van der Waals surface area contributed by atoms with Gasteiger partial charge in [0.05, 0.1) is 17.5 Å². The molecular weight excluding hydrogens is 346 g/mol. The maximum absolute atomic E-state index is 13.1. The molecule has 0 N–H and O–H groups in total. The largest absolute Gasteiger partial charge is 0.399 e. The van der Waals surface area contributed by atoms with Gasteiger partial charge >= 0.3 is 0 Å². The van der Waals surface area contributed by atoms with E-state index in [1.807, 2.05) is 54.6 Å². The number of nitrogens with zero attached hydrogens (tertiary/aromatic N) is 5. The molecule has 0 bridgehead atoms. The standard InChI is InChI=1S/C19H17N5O3/c1-26-21-16-11-17(18-20-22-23-27-18)24(12-16)19(25)15-9-7-14(8-10-15)13-5-3-2-4-6-13/h2-10,17H,11-12H2,1H3/b21-16+. The summed E-state index contributed by atoms with van der Waals surface area (Å²) in [6, 6.07) is 17.1. The highest BCUT2D eigenvalue weighted by atomic mass is 16.6. The van der Waals surface area contributed by atoms with Crippen LogP contribution >= 0.6 is 0 Å². The van der Waals surface area contributed by atoms with E-state index in [9.17, 15) is 4.79 Å². The van der Waals surface area contributed by atoms with Crippen molar-refractivity contribution in [3.63, 3.8) is 0 Å². The quantitative estimate of drug-likeness (QED) is 0.662. The summed E-state index contributed by atoms with van der Waals surface area (Å²) in [5.41, 5.74) is 3.45. The van der Waals surface area contributed by atoms with E-state index in [0.717, 1.165) is 16.8 Å². The molecule has 136 valence electrons. The molecule has 0 radical (unpaired) electrons. The Morgan fingerprint density at radius 1 is 1.15 bits per heavy atom. The Balaban J connectivity index is 1.59. The summed E-state index contributed by atoms with van der Waals surface area (Å²) in [6.45, 7) is 0.333. The van der Waals surface area contributed by atoms with Crippen LogP contribution in [0.1, 0.15) is 28.7 Å². The van der Waals surface area contributed by atoms with E-state index < -0.39 is 6.04 Å². The van der Waals surface area contributed by atoms with Crippen molar-refractivity contribution in [1.29, 1.82) is 0 Å². The lowest BCUT2D eigenvalue weighted by Crippen LogP contribution is -2.31. The number of aromatic nitrogens is 3. The van der Waals surface area contributed by atoms with E-state index in [-0.39, 0.29) is 11.8 Å². The van der Waals surface area contributed by atoms with Crippen LogP contribution in [0.4, 0.5) is 0 Å². The van der Waals surface area contributed by atoms with Crippen LogP contribution in [0.25, 0.3) is 11.1 Å². The van der Waals surface area contributed by atoms with Crippen LogP contribution in [0.15, 0.2) is 64.3 Å². The molecule has 1 unspecified atom stereocenters. The van der Waals surface area contributed by atoms with Crippen LogP contribution in [0.2, 0.25) is 0 Å². The smallest absolute Gasteiger partial charge is 0.270 e. The van der Waals surface area contributed by atoms with Crippen LogP contribution in [-0.4, -0.2) is 45.8 Å². The Bertz CT molecular complexity index is 939. The van der Waals surface area contributed by atoms with Crippen molar-refractivity contribution >= 4 is 11.6 Å². The van der Waals surface area contributed by atoms with Gasteiger partial charge in [0.25, 0.3) is 11.8 Å². The average Bonchev–Trinajstić information content (AvgIpc) is 3.38. The van der Waals surface area contributed by atoms with Crippen LogP contribution < -0.4 is 0 Å². The minimum Gasteiger partial charge on any atom is -0.399 e. The molecule has 27 heavy (non-hydrogen) atoms. The van der Waals surface area contributed by atoms with E-state index in [0.29, 0.717) is 18.5 Å². The summed E-state index contributed by atoms with van der Waals surface area (Å²) < 4.78 is 5.08. The fourth-order valence-electron chi connectivity index (χ4n) is 3.20. The van der Waals surface area contributed by atoms with Crippen LogP contribution in [0, 0.1) is 0 Å². The molecule has 4 rings (SSSR count). The number of amides is 1. The molecule has 1 amide bonds. The minimum absolute atomic E-state index is 0.140. The highest BCUT2D eigenvalue weighted by Gasteiger charge is 2.38. The van der Waals surface area contributed by atoms with E-state index >= 15 is 0 Å². The minimum atomic E-state index is -0.407. The fourth-order valence-corrected chi connectivity index (χ4v) is 3.20. The Kier molecular flexibility index (Phi) is 4.61. The van der Waals surface area contributed by atoms with Gasteiger partial charge in [-0.1, -0.05) is 52.7 Å². The molecule has 1 fully saturated rings. The van der Waals surface area contributed by atoms with Gasteiger partial charge in [-0.2, -0.15) is 0 Å².